The number of carbonyl (C=O) groups is 1. The van der Waals surface area contributed by atoms with Gasteiger partial charge in [0.05, 0.1) is 10.4 Å². The molecule has 2 aromatic heterocycles. The summed E-state index contributed by atoms with van der Waals surface area (Å²) >= 11 is 1.14. The quantitative estimate of drug-likeness (QED) is 0.785. The molecule has 0 amide bonds. The van der Waals surface area contributed by atoms with Crippen molar-refractivity contribution in [1.29, 1.82) is 0 Å². The van der Waals surface area contributed by atoms with Crippen LogP contribution in [-0.2, 0) is 13.6 Å². The lowest BCUT2D eigenvalue weighted by molar-refractivity contribution is 0.0695. The molecule has 8 heteroatoms. The van der Waals surface area contributed by atoms with Crippen molar-refractivity contribution >= 4 is 28.6 Å². The van der Waals surface area contributed by atoms with Crippen LogP contribution in [0.3, 0.4) is 0 Å². The van der Waals surface area contributed by atoms with Gasteiger partial charge in [0.1, 0.15) is 11.4 Å². The van der Waals surface area contributed by atoms with Crippen molar-refractivity contribution in [3.63, 3.8) is 0 Å². The molecule has 1 aromatic carbocycles. The zero-order valence-corrected chi connectivity index (χ0v) is 13.8. The van der Waals surface area contributed by atoms with Crippen LogP contribution >= 0.6 is 11.8 Å². The van der Waals surface area contributed by atoms with Crippen molar-refractivity contribution in [3.8, 4) is 0 Å². The van der Waals surface area contributed by atoms with Crippen molar-refractivity contribution < 1.29 is 14.3 Å². The van der Waals surface area contributed by atoms with Crippen LogP contribution in [0.2, 0.25) is 0 Å². The number of pyridine rings is 1. The summed E-state index contributed by atoms with van der Waals surface area (Å²) in [5.74, 6) is -1.91. The summed E-state index contributed by atoms with van der Waals surface area (Å²) in [6, 6.07) is 2.65. The minimum atomic E-state index is -1.32. The van der Waals surface area contributed by atoms with E-state index >= 15 is 0 Å². The lowest BCUT2D eigenvalue weighted by Gasteiger charge is -2.12. The fraction of sp³-hybridized carbons (Fsp3) is 0.188. The van der Waals surface area contributed by atoms with Gasteiger partial charge in [0.15, 0.2) is 5.16 Å². The first-order valence-corrected chi connectivity index (χ1v) is 7.99. The van der Waals surface area contributed by atoms with E-state index in [4.69, 9.17) is 5.11 Å². The summed E-state index contributed by atoms with van der Waals surface area (Å²) in [7, 11) is 1.80. The molecule has 0 aliphatic carbocycles. The number of rotatable bonds is 4. The largest absolute Gasteiger partial charge is 0.477 e. The first kappa shape index (κ1) is 16.3. The minimum absolute atomic E-state index is 0.0541. The lowest BCUT2D eigenvalue weighted by atomic mass is 10.1. The van der Waals surface area contributed by atoms with Crippen molar-refractivity contribution in [3.05, 3.63) is 52.3 Å². The Kier molecular flexibility index (Phi) is 4.15. The normalized spacial score (nSPS) is 11.1. The zero-order valence-electron chi connectivity index (χ0n) is 13.0. The molecule has 0 aliphatic rings. The number of carboxylic acid groups (broad SMARTS) is 1. The maximum Gasteiger partial charge on any atom is 0.341 e. The van der Waals surface area contributed by atoms with Crippen LogP contribution < -0.4 is 5.43 Å². The van der Waals surface area contributed by atoms with Gasteiger partial charge < -0.3 is 14.2 Å². The van der Waals surface area contributed by atoms with Crippen LogP contribution in [0, 0.1) is 5.82 Å². The fourth-order valence-electron chi connectivity index (χ4n) is 2.43. The first-order valence-electron chi connectivity index (χ1n) is 7.17. The van der Waals surface area contributed by atoms with Crippen molar-refractivity contribution in [2.45, 2.75) is 23.5 Å². The average Bonchev–Trinajstić information content (AvgIpc) is 2.94. The topological polar surface area (TPSA) is 77.1 Å². The number of benzene rings is 1. The van der Waals surface area contributed by atoms with E-state index < -0.39 is 17.2 Å². The highest BCUT2D eigenvalue weighted by Crippen LogP contribution is 2.31. The maximum absolute atomic E-state index is 14.4. The lowest BCUT2D eigenvalue weighted by Crippen LogP contribution is -2.19. The van der Waals surface area contributed by atoms with Gasteiger partial charge in [0, 0.05) is 37.6 Å². The van der Waals surface area contributed by atoms with Gasteiger partial charge in [0.2, 0.25) is 5.43 Å². The van der Waals surface area contributed by atoms with E-state index in [0.717, 1.165) is 17.8 Å². The summed E-state index contributed by atoms with van der Waals surface area (Å²) in [5.41, 5.74) is -0.562. The number of halogens is 1. The number of hydrogen-bond acceptors (Lipinski definition) is 4. The van der Waals surface area contributed by atoms with E-state index in [9.17, 15) is 14.0 Å². The molecular formula is C16H14FN3O3S. The number of imidazole rings is 1. The molecule has 0 bridgehead atoms. The number of aromatic nitrogens is 3. The molecule has 0 radical (unpaired) electrons. The molecule has 0 aliphatic heterocycles. The maximum atomic E-state index is 14.4. The number of aromatic carboxylic acids is 1. The second kappa shape index (κ2) is 6.12. The Bertz CT molecular complexity index is 1010. The van der Waals surface area contributed by atoms with E-state index in [-0.39, 0.29) is 10.9 Å². The zero-order chi connectivity index (χ0) is 17.4. The van der Waals surface area contributed by atoms with Crippen molar-refractivity contribution in [2.75, 3.05) is 0 Å². The standard InChI is InChI=1S/C16H14FN3O3S/c1-3-20-8-10(15(22)23)14(21)9-6-11(17)13(7-12(9)20)24-16-18-4-5-19(16)2/h4-8H,3H2,1-2H3,(H,22,23). The summed E-state index contributed by atoms with van der Waals surface area (Å²) < 4.78 is 17.8. The molecule has 6 nitrogen and oxygen atoms in total. The Labute approximate surface area is 140 Å². The van der Waals surface area contributed by atoms with E-state index in [1.807, 2.05) is 6.92 Å². The minimum Gasteiger partial charge on any atom is -0.477 e. The van der Waals surface area contributed by atoms with Crippen LogP contribution in [0.4, 0.5) is 4.39 Å². The summed E-state index contributed by atoms with van der Waals surface area (Å²) in [6.45, 7) is 2.28. The Balaban J connectivity index is 2.24. The molecule has 24 heavy (non-hydrogen) atoms. The highest BCUT2D eigenvalue weighted by atomic mass is 32.2. The van der Waals surface area contributed by atoms with E-state index in [2.05, 4.69) is 4.98 Å². The molecule has 0 fully saturated rings. The molecule has 3 rings (SSSR count). The van der Waals surface area contributed by atoms with Crippen LogP contribution in [-0.4, -0.2) is 25.2 Å². The van der Waals surface area contributed by atoms with Crippen molar-refractivity contribution in [2.24, 2.45) is 7.05 Å². The third-order valence-corrected chi connectivity index (χ3v) is 4.79. The van der Waals surface area contributed by atoms with E-state index in [1.54, 1.807) is 34.6 Å². The third kappa shape index (κ3) is 2.69. The Morgan fingerprint density at radius 1 is 1.42 bits per heavy atom. The summed E-state index contributed by atoms with van der Waals surface area (Å²) in [6.07, 6.45) is 4.66. The monoisotopic (exact) mass is 347 g/mol. The smallest absolute Gasteiger partial charge is 0.341 e. The number of carboxylic acids is 1. The molecular weight excluding hydrogens is 333 g/mol. The number of hydrogen-bond donors (Lipinski definition) is 1. The van der Waals surface area contributed by atoms with Gasteiger partial charge in [-0.1, -0.05) is 0 Å². The second-order valence-electron chi connectivity index (χ2n) is 5.19. The molecule has 124 valence electrons. The summed E-state index contributed by atoms with van der Waals surface area (Å²) in [5, 5.41) is 9.81. The van der Waals surface area contributed by atoms with Gasteiger partial charge in [-0.3, -0.25) is 4.79 Å². The predicted octanol–water partition coefficient (Wildman–Crippen LogP) is 2.74. The van der Waals surface area contributed by atoms with Gasteiger partial charge in [-0.25, -0.2) is 14.2 Å². The Morgan fingerprint density at radius 3 is 2.75 bits per heavy atom. The second-order valence-corrected chi connectivity index (χ2v) is 6.19. The van der Waals surface area contributed by atoms with Gasteiger partial charge in [-0.15, -0.1) is 0 Å². The molecule has 0 atom stereocenters. The molecule has 0 spiro atoms. The number of fused-ring (bicyclic) bond motifs is 1. The molecule has 2 heterocycles. The van der Waals surface area contributed by atoms with Crippen LogP contribution in [0.25, 0.3) is 10.9 Å². The van der Waals surface area contributed by atoms with E-state index in [1.165, 1.54) is 6.20 Å². The fourth-order valence-corrected chi connectivity index (χ4v) is 3.27. The first-order chi connectivity index (χ1) is 11.4. The predicted molar refractivity (Wildman–Crippen MR) is 88.1 cm³/mol. The van der Waals surface area contributed by atoms with Crippen molar-refractivity contribution in [1.82, 2.24) is 14.1 Å². The molecule has 3 aromatic rings. The number of aryl methyl sites for hydroxylation is 2. The Morgan fingerprint density at radius 2 is 2.17 bits per heavy atom. The van der Waals surface area contributed by atoms with Gasteiger partial charge in [0.25, 0.3) is 0 Å². The highest BCUT2D eigenvalue weighted by Gasteiger charge is 2.17. The summed E-state index contributed by atoms with van der Waals surface area (Å²) in [4.78, 5) is 28.0. The average molecular weight is 347 g/mol. The third-order valence-electron chi connectivity index (χ3n) is 3.68. The molecule has 0 saturated carbocycles. The SMILES string of the molecule is CCn1cc(C(=O)O)c(=O)c2cc(F)c(Sc3nccn3C)cc21. The van der Waals surface area contributed by atoms with Crippen LogP contribution in [0.1, 0.15) is 17.3 Å². The molecule has 0 unspecified atom stereocenters. The highest BCUT2D eigenvalue weighted by molar-refractivity contribution is 7.99. The van der Waals surface area contributed by atoms with Crippen LogP contribution in [0.15, 0.2) is 45.6 Å². The van der Waals surface area contributed by atoms with Gasteiger partial charge in [-0.2, -0.15) is 0 Å². The molecule has 0 saturated heterocycles. The van der Waals surface area contributed by atoms with Gasteiger partial charge in [-0.05, 0) is 30.8 Å². The Hall–Kier alpha value is -2.61. The molecule has 1 N–H and O–H groups in total. The van der Waals surface area contributed by atoms with Gasteiger partial charge >= 0.3 is 5.97 Å². The number of nitrogens with zero attached hydrogens (tertiary/aromatic N) is 3. The van der Waals surface area contributed by atoms with E-state index in [0.29, 0.717) is 22.1 Å². The van der Waals surface area contributed by atoms with Crippen LogP contribution in [0.5, 0.6) is 0 Å².